The van der Waals surface area contributed by atoms with E-state index in [-0.39, 0.29) is 18.1 Å². The second-order valence-corrected chi connectivity index (χ2v) is 5.63. The van der Waals surface area contributed by atoms with Crippen LogP contribution in [0.25, 0.3) is 0 Å². The summed E-state index contributed by atoms with van der Waals surface area (Å²) in [6.07, 6.45) is 3.38. The lowest BCUT2D eigenvalue weighted by Gasteiger charge is -2.13. The number of benzene rings is 1. The minimum Gasteiger partial charge on any atom is -0.491 e. The van der Waals surface area contributed by atoms with Crippen LogP contribution in [0, 0.1) is 0 Å². The molecule has 2 heterocycles. The molecule has 2 N–H and O–H groups in total. The van der Waals surface area contributed by atoms with Gasteiger partial charge in [0.05, 0.1) is 6.10 Å². The third kappa shape index (κ3) is 3.95. The maximum absolute atomic E-state index is 12.1. The van der Waals surface area contributed by atoms with Gasteiger partial charge in [-0.25, -0.2) is 0 Å². The highest BCUT2D eigenvalue weighted by Gasteiger charge is 2.18. The maximum Gasteiger partial charge on any atom is 0.251 e. The number of amides is 1. The summed E-state index contributed by atoms with van der Waals surface area (Å²) in [7, 11) is 0. The largest absolute Gasteiger partial charge is 0.491 e. The van der Waals surface area contributed by atoms with Crippen molar-refractivity contribution in [2.75, 3.05) is 26.3 Å². The van der Waals surface area contributed by atoms with Crippen LogP contribution in [0.15, 0.2) is 24.3 Å². The van der Waals surface area contributed by atoms with Gasteiger partial charge in [0.25, 0.3) is 5.91 Å². The van der Waals surface area contributed by atoms with Crippen molar-refractivity contribution in [2.24, 2.45) is 0 Å². The van der Waals surface area contributed by atoms with Crippen LogP contribution in [-0.2, 0) is 4.74 Å². The highest BCUT2D eigenvalue weighted by atomic mass is 16.5. The summed E-state index contributed by atoms with van der Waals surface area (Å²) in [6.45, 7) is 3.25. The van der Waals surface area contributed by atoms with Gasteiger partial charge in [0.15, 0.2) is 0 Å². The van der Waals surface area contributed by atoms with E-state index >= 15 is 0 Å². The topological polar surface area (TPSA) is 59.6 Å². The van der Waals surface area contributed by atoms with E-state index in [9.17, 15) is 4.79 Å². The maximum atomic E-state index is 12.1. The molecule has 2 fully saturated rings. The fourth-order valence-electron chi connectivity index (χ4n) is 2.71. The molecular formula is C16H22N2O3. The summed E-state index contributed by atoms with van der Waals surface area (Å²) < 4.78 is 11.2. The molecule has 2 unspecified atom stereocenters. The van der Waals surface area contributed by atoms with Gasteiger partial charge in [0, 0.05) is 24.8 Å². The van der Waals surface area contributed by atoms with Crippen molar-refractivity contribution < 1.29 is 14.3 Å². The quantitative estimate of drug-likeness (QED) is 0.859. The molecule has 2 saturated heterocycles. The minimum absolute atomic E-state index is 0.0191. The van der Waals surface area contributed by atoms with Crippen molar-refractivity contribution in [3.63, 3.8) is 0 Å². The predicted molar refractivity (Wildman–Crippen MR) is 79.7 cm³/mol. The van der Waals surface area contributed by atoms with Crippen LogP contribution in [0.5, 0.6) is 5.75 Å². The Kier molecular flexibility index (Phi) is 4.72. The van der Waals surface area contributed by atoms with Gasteiger partial charge in [-0.1, -0.05) is 0 Å². The normalized spacial score (nSPS) is 25.0. The lowest BCUT2D eigenvalue weighted by atomic mass is 10.2. The van der Waals surface area contributed by atoms with E-state index in [2.05, 4.69) is 10.6 Å². The first-order valence-corrected chi connectivity index (χ1v) is 7.67. The monoisotopic (exact) mass is 290 g/mol. The Morgan fingerprint density at radius 2 is 2.19 bits per heavy atom. The first-order chi connectivity index (χ1) is 10.3. The van der Waals surface area contributed by atoms with Crippen molar-refractivity contribution in [1.29, 1.82) is 0 Å². The Morgan fingerprint density at radius 1 is 1.33 bits per heavy atom. The van der Waals surface area contributed by atoms with E-state index in [4.69, 9.17) is 9.47 Å². The Bertz CT molecular complexity index is 463. The molecule has 0 aliphatic carbocycles. The number of carbonyl (C=O) groups excluding carboxylic acids is 1. The summed E-state index contributed by atoms with van der Waals surface area (Å²) in [5.74, 6) is 0.763. The smallest absolute Gasteiger partial charge is 0.251 e. The first-order valence-electron chi connectivity index (χ1n) is 7.67. The third-order valence-electron chi connectivity index (χ3n) is 3.97. The molecule has 2 atom stereocenters. The van der Waals surface area contributed by atoms with Crippen LogP contribution >= 0.6 is 0 Å². The molecular weight excluding hydrogens is 268 g/mol. The number of carbonyl (C=O) groups is 1. The van der Waals surface area contributed by atoms with Gasteiger partial charge in [0.1, 0.15) is 12.4 Å². The molecule has 114 valence electrons. The van der Waals surface area contributed by atoms with Crippen molar-refractivity contribution in [1.82, 2.24) is 10.6 Å². The van der Waals surface area contributed by atoms with Crippen LogP contribution in [0.1, 0.15) is 29.6 Å². The SMILES string of the molecule is O=C(NC1CCNC1)c1ccc(OCC2CCCO2)cc1. The minimum atomic E-state index is -0.0191. The summed E-state index contributed by atoms with van der Waals surface area (Å²) >= 11 is 0. The van der Waals surface area contributed by atoms with E-state index < -0.39 is 0 Å². The van der Waals surface area contributed by atoms with Gasteiger partial charge < -0.3 is 20.1 Å². The lowest BCUT2D eigenvalue weighted by molar-refractivity contribution is 0.0679. The number of nitrogens with one attached hydrogen (secondary N) is 2. The highest BCUT2D eigenvalue weighted by Crippen LogP contribution is 2.16. The van der Waals surface area contributed by atoms with E-state index in [1.807, 2.05) is 24.3 Å². The second kappa shape index (κ2) is 6.91. The predicted octanol–water partition coefficient (Wildman–Crippen LogP) is 1.34. The number of hydrogen-bond donors (Lipinski definition) is 2. The molecule has 1 aromatic carbocycles. The molecule has 0 aromatic heterocycles. The standard InChI is InChI=1S/C16H22N2O3/c19-16(18-13-7-8-17-10-13)12-3-5-14(6-4-12)21-11-15-2-1-9-20-15/h3-6,13,15,17H,1-2,7-11H2,(H,18,19). The Balaban J connectivity index is 1.49. The average molecular weight is 290 g/mol. The summed E-state index contributed by atoms with van der Waals surface area (Å²) in [5, 5.41) is 6.26. The first kappa shape index (κ1) is 14.4. The number of hydrogen-bond acceptors (Lipinski definition) is 4. The van der Waals surface area contributed by atoms with Crippen molar-refractivity contribution in [3.05, 3.63) is 29.8 Å². The van der Waals surface area contributed by atoms with Crippen LogP contribution in [-0.4, -0.2) is 44.4 Å². The van der Waals surface area contributed by atoms with Gasteiger partial charge in [-0.3, -0.25) is 4.79 Å². The fraction of sp³-hybridized carbons (Fsp3) is 0.562. The molecule has 0 bridgehead atoms. The molecule has 0 saturated carbocycles. The molecule has 2 aliphatic heterocycles. The van der Waals surface area contributed by atoms with Crippen LogP contribution in [0.3, 0.4) is 0 Å². The third-order valence-corrected chi connectivity index (χ3v) is 3.97. The number of ether oxygens (including phenoxy) is 2. The van der Waals surface area contributed by atoms with Gasteiger partial charge in [-0.05, 0) is 50.1 Å². The van der Waals surface area contributed by atoms with Gasteiger partial charge in [0.2, 0.25) is 0 Å². The zero-order valence-electron chi connectivity index (χ0n) is 12.1. The Morgan fingerprint density at radius 3 is 2.86 bits per heavy atom. The van der Waals surface area contributed by atoms with E-state index in [1.165, 1.54) is 0 Å². The summed E-state index contributed by atoms with van der Waals surface area (Å²) in [5.41, 5.74) is 0.673. The average Bonchev–Trinajstić information content (AvgIpc) is 3.19. The molecule has 5 heteroatoms. The number of rotatable bonds is 5. The van der Waals surface area contributed by atoms with Crippen LogP contribution < -0.4 is 15.4 Å². The highest BCUT2D eigenvalue weighted by molar-refractivity contribution is 5.94. The van der Waals surface area contributed by atoms with Gasteiger partial charge in [-0.2, -0.15) is 0 Å². The fourth-order valence-corrected chi connectivity index (χ4v) is 2.71. The summed E-state index contributed by atoms with van der Waals surface area (Å²) in [6, 6.07) is 7.55. The molecule has 2 aliphatic rings. The molecule has 0 spiro atoms. The van der Waals surface area contributed by atoms with Crippen molar-refractivity contribution >= 4 is 5.91 Å². The molecule has 1 aromatic rings. The molecule has 1 amide bonds. The van der Waals surface area contributed by atoms with E-state index in [0.717, 1.165) is 44.7 Å². The molecule has 21 heavy (non-hydrogen) atoms. The Labute approximate surface area is 125 Å². The van der Waals surface area contributed by atoms with Crippen LogP contribution in [0.2, 0.25) is 0 Å². The second-order valence-electron chi connectivity index (χ2n) is 5.63. The summed E-state index contributed by atoms with van der Waals surface area (Å²) in [4.78, 5) is 12.1. The Hall–Kier alpha value is -1.59. The van der Waals surface area contributed by atoms with Crippen molar-refractivity contribution in [3.8, 4) is 5.75 Å². The van der Waals surface area contributed by atoms with E-state index in [0.29, 0.717) is 12.2 Å². The van der Waals surface area contributed by atoms with Crippen molar-refractivity contribution in [2.45, 2.75) is 31.4 Å². The van der Waals surface area contributed by atoms with E-state index in [1.54, 1.807) is 0 Å². The zero-order valence-corrected chi connectivity index (χ0v) is 12.1. The molecule has 3 rings (SSSR count). The van der Waals surface area contributed by atoms with Gasteiger partial charge >= 0.3 is 0 Å². The molecule has 0 radical (unpaired) electrons. The van der Waals surface area contributed by atoms with Gasteiger partial charge in [-0.15, -0.1) is 0 Å². The van der Waals surface area contributed by atoms with Crippen LogP contribution in [0.4, 0.5) is 0 Å². The lowest BCUT2D eigenvalue weighted by Crippen LogP contribution is -2.36. The zero-order chi connectivity index (χ0) is 14.5. The molecule has 5 nitrogen and oxygen atoms in total.